The number of benzene rings is 1. The second kappa shape index (κ2) is 7.29. The van der Waals surface area contributed by atoms with Crippen LogP contribution in [0.5, 0.6) is 0 Å². The molecule has 2 unspecified atom stereocenters. The molecule has 2 atom stereocenters. The van der Waals surface area contributed by atoms with Crippen molar-refractivity contribution in [2.75, 3.05) is 6.54 Å². The molecular formula is C16H26N2O2. The molecule has 0 aliphatic rings. The number of rotatable bonds is 5. The lowest BCUT2D eigenvalue weighted by Crippen LogP contribution is -2.41. The van der Waals surface area contributed by atoms with Crippen LogP contribution < -0.4 is 10.6 Å². The summed E-state index contributed by atoms with van der Waals surface area (Å²) in [4.78, 5) is 11.6. The Kier molecular flexibility index (Phi) is 6.02. The normalized spacial score (nSPS) is 14.4. The zero-order chi connectivity index (χ0) is 15.2. The van der Waals surface area contributed by atoms with Crippen LogP contribution in [0.4, 0.5) is 4.79 Å². The summed E-state index contributed by atoms with van der Waals surface area (Å²) in [5.74, 6) is 0. The maximum absolute atomic E-state index is 11.6. The monoisotopic (exact) mass is 278 g/mol. The SMILES string of the molecule is CC(CNC(=O)OC(C)(C)C)NC(C)c1ccccc1. The van der Waals surface area contributed by atoms with Gasteiger partial charge in [0.15, 0.2) is 0 Å². The van der Waals surface area contributed by atoms with E-state index in [1.54, 1.807) is 0 Å². The topological polar surface area (TPSA) is 50.4 Å². The second-order valence-electron chi connectivity index (χ2n) is 6.08. The average Bonchev–Trinajstić information content (AvgIpc) is 2.35. The lowest BCUT2D eigenvalue weighted by Gasteiger charge is -2.23. The van der Waals surface area contributed by atoms with E-state index in [0.29, 0.717) is 6.54 Å². The lowest BCUT2D eigenvalue weighted by molar-refractivity contribution is 0.0522. The van der Waals surface area contributed by atoms with Crippen LogP contribution in [0.2, 0.25) is 0 Å². The third kappa shape index (κ3) is 6.57. The van der Waals surface area contributed by atoms with E-state index in [-0.39, 0.29) is 18.2 Å². The molecule has 2 N–H and O–H groups in total. The van der Waals surface area contributed by atoms with Crippen LogP contribution in [-0.2, 0) is 4.74 Å². The predicted octanol–water partition coefficient (Wildman–Crippen LogP) is 3.25. The molecule has 4 nitrogen and oxygen atoms in total. The number of carbonyl (C=O) groups excluding carboxylic acids is 1. The number of amides is 1. The van der Waals surface area contributed by atoms with Crippen molar-refractivity contribution >= 4 is 6.09 Å². The molecular weight excluding hydrogens is 252 g/mol. The fourth-order valence-corrected chi connectivity index (χ4v) is 1.87. The van der Waals surface area contributed by atoms with Gasteiger partial charge in [0.25, 0.3) is 0 Å². The molecule has 1 rings (SSSR count). The molecule has 0 radical (unpaired) electrons. The molecule has 1 amide bonds. The van der Waals surface area contributed by atoms with Crippen LogP contribution in [0.25, 0.3) is 0 Å². The number of ether oxygens (including phenoxy) is 1. The third-order valence-electron chi connectivity index (χ3n) is 2.79. The van der Waals surface area contributed by atoms with Gasteiger partial charge in [-0.15, -0.1) is 0 Å². The molecule has 0 fully saturated rings. The number of hydrogen-bond acceptors (Lipinski definition) is 3. The summed E-state index contributed by atoms with van der Waals surface area (Å²) in [6, 6.07) is 10.6. The highest BCUT2D eigenvalue weighted by molar-refractivity contribution is 5.67. The van der Waals surface area contributed by atoms with E-state index in [9.17, 15) is 4.79 Å². The average molecular weight is 278 g/mol. The van der Waals surface area contributed by atoms with Crippen molar-refractivity contribution in [3.05, 3.63) is 35.9 Å². The first-order valence-corrected chi connectivity index (χ1v) is 7.06. The van der Waals surface area contributed by atoms with Crippen LogP contribution in [-0.4, -0.2) is 24.3 Å². The van der Waals surface area contributed by atoms with Gasteiger partial charge >= 0.3 is 6.09 Å². The molecule has 0 aromatic heterocycles. The quantitative estimate of drug-likeness (QED) is 0.869. The zero-order valence-electron chi connectivity index (χ0n) is 13.1. The highest BCUT2D eigenvalue weighted by atomic mass is 16.6. The first-order chi connectivity index (χ1) is 9.28. The van der Waals surface area contributed by atoms with E-state index < -0.39 is 5.60 Å². The Morgan fingerprint density at radius 1 is 1.20 bits per heavy atom. The molecule has 112 valence electrons. The number of nitrogens with one attached hydrogen (secondary N) is 2. The van der Waals surface area contributed by atoms with Gasteiger partial charge in [0, 0.05) is 18.6 Å². The predicted molar refractivity (Wildman–Crippen MR) is 81.7 cm³/mol. The van der Waals surface area contributed by atoms with E-state index in [2.05, 4.69) is 29.7 Å². The molecule has 0 aliphatic carbocycles. The molecule has 0 saturated heterocycles. The fourth-order valence-electron chi connectivity index (χ4n) is 1.87. The molecule has 1 aromatic rings. The van der Waals surface area contributed by atoms with Crippen molar-refractivity contribution in [1.29, 1.82) is 0 Å². The van der Waals surface area contributed by atoms with Crippen molar-refractivity contribution in [1.82, 2.24) is 10.6 Å². The first kappa shape index (κ1) is 16.5. The minimum absolute atomic E-state index is 0.165. The van der Waals surface area contributed by atoms with Crippen LogP contribution >= 0.6 is 0 Å². The molecule has 1 aromatic carbocycles. The van der Waals surface area contributed by atoms with E-state index in [4.69, 9.17) is 4.74 Å². The minimum atomic E-state index is -0.460. The van der Waals surface area contributed by atoms with Gasteiger partial charge in [0.05, 0.1) is 0 Å². The standard InChI is InChI=1S/C16H26N2O2/c1-12(11-17-15(19)20-16(3,4)5)18-13(2)14-9-7-6-8-10-14/h6-10,12-13,18H,11H2,1-5H3,(H,17,19). The van der Waals surface area contributed by atoms with Gasteiger partial charge in [-0.2, -0.15) is 0 Å². The summed E-state index contributed by atoms with van der Waals surface area (Å²) in [7, 11) is 0. The van der Waals surface area contributed by atoms with Gasteiger partial charge < -0.3 is 15.4 Å². The maximum atomic E-state index is 11.6. The first-order valence-electron chi connectivity index (χ1n) is 7.06. The van der Waals surface area contributed by atoms with Gasteiger partial charge in [0.1, 0.15) is 5.60 Å². The summed E-state index contributed by atoms with van der Waals surface area (Å²) in [6.45, 7) is 10.2. The smallest absolute Gasteiger partial charge is 0.407 e. The van der Waals surface area contributed by atoms with Gasteiger partial charge in [-0.1, -0.05) is 30.3 Å². The van der Waals surface area contributed by atoms with Gasteiger partial charge in [-0.3, -0.25) is 0 Å². The minimum Gasteiger partial charge on any atom is -0.444 e. The Morgan fingerprint density at radius 2 is 1.80 bits per heavy atom. The Morgan fingerprint density at radius 3 is 2.35 bits per heavy atom. The van der Waals surface area contributed by atoms with Crippen molar-refractivity contribution in [3.8, 4) is 0 Å². The molecule has 0 bridgehead atoms. The molecule has 4 heteroatoms. The van der Waals surface area contributed by atoms with Crippen molar-refractivity contribution in [3.63, 3.8) is 0 Å². The summed E-state index contributed by atoms with van der Waals surface area (Å²) in [5.41, 5.74) is 0.773. The second-order valence-corrected chi connectivity index (χ2v) is 6.08. The largest absolute Gasteiger partial charge is 0.444 e. The number of alkyl carbamates (subject to hydrolysis) is 1. The van der Waals surface area contributed by atoms with Crippen molar-refractivity contribution < 1.29 is 9.53 Å². The van der Waals surface area contributed by atoms with Gasteiger partial charge in [-0.05, 0) is 40.2 Å². The van der Waals surface area contributed by atoms with E-state index in [0.717, 1.165) is 0 Å². The molecule has 0 spiro atoms. The summed E-state index contributed by atoms with van der Waals surface area (Å²) in [6.07, 6.45) is -0.376. The maximum Gasteiger partial charge on any atom is 0.407 e. The Bertz CT molecular complexity index is 412. The van der Waals surface area contributed by atoms with E-state index in [1.807, 2.05) is 45.9 Å². The third-order valence-corrected chi connectivity index (χ3v) is 2.79. The summed E-state index contributed by atoms with van der Waals surface area (Å²) < 4.78 is 5.20. The zero-order valence-corrected chi connectivity index (χ0v) is 13.1. The molecule has 0 heterocycles. The summed E-state index contributed by atoms with van der Waals surface area (Å²) >= 11 is 0. The lowest BCUT2D eigenvalue weighted by atomic mass is 10.1. The van der Waals surface area contributed by atoms with Crippen molar-refractivity contribution in [2.45, 2.75) is 52.3 Å². The van der Waals surface area contributed by atoms with Gasteiger partial charge in [0.2, 0.25) is 0 Å². The molecule has 20 heavy (non-hydrogen) atoms. The number of carbonyl (C=O) groups is 1. The van der Waals surface area contributed by atoms with E-state index >= 15 is 0 Å². The number of hydrogen-bond donors (Lipinski definition) is 2. The Hall–Kier alpha value is -1.55. The molecule has 0 saturated carbocycles. The Labute approximate surface area is 121 Å². The van der Waals surface area contributed by atoms with Crippen molar-refractivity contribution in [2.24, 2.45) is 0 Å². The van der Waals surface area contributed by atoms with Crippen LogP contribution in [0.1, 0.15) is 46.2 Å². The highest BCUT2D eigenvalue weighted by Crippen LogP contribution is 2.11. The Balaban J connectivity index is 2.33. The molecule has 0 aliphatic heterocycles. The fraction of sp³-hybridized carbons (Fsp3) is 0.562. The van der Waals surface area contributed by atoms with Gasteiger partial charge in [-0.25, -0.2) is 4.79 Å². The van der Waals surface area contributed by atoms with E-state index in [1.165, 1.54) is 5.56 Å². The van der Waals surface area contributed by atoms with Crippen LogP contribution in [0, 0.1) is 0 Å². The van der Waals surface area contributed by atoms with Crippen LogP contribution in [0.15, 0.2) is 30.3 Å². The highest BCUT2D eigenvalue weighted by Gasteiger charge is 2.16. The van der Waals surface area contributed by atoms with Crippen LogP contribution in [0.3, 0.4) is 0 Å². The summed E-state index contributed by atoms with van der Waals surface area (Å²) in [5, 5.41) is 6.22.